The molecule has 0 fully saturated rings. The summed E-state index contributed by atoms with van der Waals surface area (Å²) in [5, 5.41) is 14.7. The Kier molecular flexibility index (Phi) is 5.57. The van der Waals surface area contributed by atoms with Crippen molar-refractivity contribution >= 4 is 5.96 Å². The molecule has 2 rings (SSSR count). The first-order chi connectivity index (χ1) is 10.6. The summed E-state index contributed by atoms with van der Waals surface area (Å²) in [4.78, 5) is 4.18. The van der Waals surface area contributed by atoms with Crippen LogP contribution in [0.25, 0.3) is 0 Å². The number of nitrogens with zero attached hydrogens (tertiary/aromatic N) is 4. The van der Waals surface area contributed by atoms with Crippen LogP contribution in [0, 0.1) is 6.92 Å². The smallest absolute Gasteiger partial charge is 0.191 e. The van der Waals surface area contributed by atoms with E-state index in [1.807, 2.05) is 30.1 Å². The van der Waals surface area contributed by atoms with Crippen LogP contribution in [0.1, 0.15) is 36.8 Å². The minimum absolute atomic E-state index is 0.368. The van der Waals surface area contributed by atoms with Gasteiger partial charge in [0.2, 0.25) is 0 Å². The van der Waals surface area contributed by atoms with Crippen molar-refractivity contribution in [3.05, 3.63) is 35.5 Å². The van der Waals surface area contributed by atoms with Crippen LogP contribution in [0.2, 0.25) is 0 Å². The summed E-state index contributed by atoms with van der Waals surface area (Å²) in [7, 11) is 1.74. The standard InChI is InChI=1S/C15H24N6O/c1-11(2)14-7-13(22-20-14)9-18-15(16-4)17-5-6-21-10-12(3)8-19-21/h7-8,10-11H,5-6,9H2,1-4H3,(H2,16,17,18). The lowest BCUT2D eigenvalue weighted by molar-refractivity contribution is 0.372. The van der Waals surface area contributed by atoms with Gasteiger partial charge in [-0.15, -0.1) is 0 Å². The number of nitrogens with one attached hydrogen (secondary N) is 2. The minimum atomic E-state index is 0.368. The highest BCUT2D eigenvalue weighted by molar-refractivity contribution is 5.79. The summed E-state index contributed by atoms with van der Waals surface area (Å²) in [5.41, 5.74) is 2.13. The van der Waals surface area contributed by atoms with Crippen molar-refractivity contribution in [1.29, 1.82) is 0 Å². The summed E-state index contributed by atoms with van der Waals surface area (Å²) in [6, 6.07) is 1.97. The molecular formula is C15H24N6O. The van der Waals surface area contributed by atoms with Gasteiger partial charge >= 0.3 is 0 Å². The van der Waals surface area contributed by atoms with Gasteiger partial charge in [-0.3, -0.25) is 9.67 Å². The van der Waals surface area contributed by atoms with Gasteiger partial charge in [0.1, 0.15) is 0 Å². The van der Waals surface area contributed by atoms with Crippen molar-refractivity contribution in [3.8, 4) is 0 Å². The highest BCUT2D eigenvalue weighted by Crippen LogP contribution is 2.13. The van der Waals surface area contributed by atoms with E-state index < -0.39 is 0 Å². The first kappa shape index (κ1) is 16.1. The van der Waals surface area contributed by atoms with E-state index in [-0.39, 0.29) is 0 Å². The largest absolute Gasteiger partial charge is 0.359 e. The van der Waals surface area contributed by atoms with E-state index in [0.29, 0.717) is 12.5 Å². The van der Waals surface area contributed by atoms with E-state index in [9.17, 15) is 0 Å². The van der Waals surface area contributed by atoms with Gasteiger partial charge in [0, 0.05) is 25.9 Å². The van der Waals surface area contributed by atoms with E-state index in [0.717, 1.165) is 36.1 Å². The van der Waals surface area contributed by atoms with Gasteiger partial charge in [0.05, 0.1) is 25.0 Å². The summed E-state index contributed by atoms with van der Waals surface area (Å²) >= 11 is 0. The third kappa shape index (κ3) is 4.61. The SMILES string of the molecule is CN=C(NCCn1cc(C)cn1)NCc1cc(C(C)C)no1. The Morgan fingerprint density at radius 1 is 1.41 bits per heavy atom. The molecule has 0 aliphatic rings. The summed E-state index contributed by atoms with van der Waals surface area (Å²) < 4.78 is 7.19. The number of aryl methyl sites for hydroxylation is 1. The first-order valence-electron chi connectivity index (χ1n) is 7.47. The van der Waals surface area contributed by atoms with Crippen molar-refractivity contribution < 1.29 is 4.52 Å². The van der Waals surface area contributed by atoms with E-state index in [4.69, 9.17) is 4.52 Å². The second-order valence-corrected chi connectivity index (χ2v) is 5.51. The van der Waals surface area contributed by atoms with Gasteiger partial charge in [-0.2, -0.15) is 5.10 Å². The van der Waals surface area contributed by atoms with Crippen molar-refractivity contribution in [1.82, 2.24) is 25.6 Å². The second kappa shape index (κ2) is 7.63. The predicted octanol–water partition coefficient (Wildman–Crippen LogP) is 1.67. The molecule has 2 N–H and O–H groups in total. The zero-order valence-electron chi connectivity index (χ0n) is 13.6. The molecule has 0 spiro atoms. The van der Waals surface area contributed by atoms with Crippen molar-refractivity contribution in [2.24, 2.45) is 4.99 Å². The minimum Gasteiger partial charge on any atom is -0.359 e. The fourth-order valence-corrected chi connectivity index (χ4v) is 1.95. The zero-order valence-corrected chi connectivity index (χ0v) is 13.6. The number of guanidine groups is 1. The summed E-state index contributed by atoms with van der Waals surface area (Å²) in [5.74, 6) is 1.90. The fourth-order valence-electron chi connectivity index (χ4n) is 1.95. The van der Waals surface area contributed by atoms with E-state index >= 15 is 0 Å². The molecule has 7 heteroatoms. The fraction of sp³-hybridized carbons (Fsp3) is 0.533. The highest BCUT2D eigenvalue weighted by Gasteiger charge is 2.08. The summed E-state index contributed by atoms with van der Waals surface area (Å²) in [6.45, 7) is 8.29. The average Bonchev–Trinajstić information content (AvgIpc) is 3.11. The molecule has 0 bridgehead atoms. The molecule has 7 nitrogen and oxygen atoms in total. The highest BCUT2D eigenvalue weighted by atomic mass is 16.5. The number of hydrogen-bond donors (Lipinski definition) is 2. The van der Waals surface area contributed by atoms with E-state index in [2.05, 4.69) is 39.7 Å². The molecule has 0 aliphatic heterocycles. The Morgan fingerprint density at radius 2 is 2.23 bits per heavy atom. The Bertz CT molecular complexity index is 613. The summed E-state index contributed by atoms with van der Waals surface area (Å²) in [6.07, 6.45) is 3.86. The number of aromatic nitrogens is 3. The first-order valence-corrected chi connectivity index (χ1v) is 7.47. The van der Waals surface area contributed by atoms with Crippen LogP contribution in [0.5, 0.6) is 0 Å². The Morgan fingerprint density at radius 3 is 2.82 bits per heavy atom. The van der Waals surface area contributed by atoms with Gasteiger partial charge in [-0.25, -0.2) is 0 Å². The average molecular weight is 304 g/mol. The third-order valence-corrected chi connectivity index (χ3v) is 3.22. The molecule has 0 radical (unpaired) electrons. The van der Waals surface area contributed by atoms with Crippen LogP contribution in [-0.2, 0) is 13.1 Å². The molecule has 2 heterocycles. The molecule has 0 atom stereocenters. The Balaban J connectivity index is 1.74. The van der Waals surface area contributed by atoms with Crippen LogP contribution in [0.4, 0.5) is 0 Å². The molecule has 0 aliphatic carbocycles. The maximum Gasteiger partial charge on any atom is 0.191 e. The topological polar surface area (TPSA) is 80.3 Å². The Hall–Kier alpha value is -2.31. The van der Waals surface area contributed by atoms with Gasteiger partial charge in [0.25, 0.3) is 0 Å². The molecule has 2 aromatic rings. The van der Waals surface area contributed by atoms with Crippen LogP contribution in [-0.4, -0.2) is 34.5 Å². The molecule has 0 amide bonds. The van der Waals surface area contributed by atoms with Crippen LogP contribution >= 0.6 is 0 Å². The van der Waals surface area contributed by atoms with Gasteiger partial charge < -0.3 is 15.2 Å². The van der Waals surface area contributed by atoms with Gasteiger partial charge in [-0.05, 0) is 18.4 Å². The van der Waals surface area contributed by atoms with E-state index in [1.54, 1.807) is 7.05 Å². The molecule has 0 saturated carbocycles. The van der Waals surface area contributed by atoms with Crippen molar-refractivity contribution in [3.63, 3.8) is 0 Å². The molecule has 22 heavy (non-hydrogen) atoms. The van der Waals surface area contributed by atoms with Crippen LogP contribution in [0.15, 0.2) is 28.0 Å². The monoisotopic (exact) mass is 304 g/mol. The quantitative estimate of drug-likeness (QED) is 0.627. The Labute approximate surface area is 130 Å². The number of aliphatic imine (C=N–C) groups is 1. The lowest BCUT2D eigenvalue weighted by atomic mass is 10.1. The molecule has 0 aromatic carbocycles. The zero-order chi connectivity index (χ0) is 15.9. The maximum atomic E-state index is 5.29. The lowest BCUT2D eigenvalue weighted by Gasteiger charge is -2.10. The van der Waals surface area contributed by atoms with E-state index in [1.165, 1.54) is 0 Å². The number of rotatable bonds is 6. The van der Waals surface area contributed by atoms with Crippen LogP contribution < -0.4 is 10.6 Å². The molecule has 2 aromatic heterocycles. The normalized spacial score (nSPS) is 12.0. The van der Waals surface area contributed by atoms with Crippen molar-refractivity contribution in [2.45, 2.75) is 39.8 Å². The lowest BCUT2D eigenvalue weighted by Crippen LogP contribution is -2.38. The molecule has 0 unspecified atom stereocenters. The van der Waals surface area contributed by atoms with Crippen LogP contribution in [0.3, 0.4) is 0 Å². The maximum absolute atomic E-state index is 5.29. The molecule has 0 saturated heterocycles. The van der Waals surface area contributed by atoms with Crippen molar-refractivity contribution in [2.75, 3.05) is 13.6 Å². The molecular weight excluding hydrogens is 280 g/mol. The third-order valence-electron chi connectivity index (χ3n) is 3.22. The van der Waals surface area contributed by atoms with Gasteiger partial charge in [0.15, 0.2) is 11.7 Å². The van der Waals surface area contributed by atoms with Gasteiger partial charge in [-0.1, -0.05) is 19.0 Å². The number of hydrogen-bond acceptors (Lipinski definition) is 4. The molecule has 120 valence electrons. The predicted molar refractivity (Wildman–Crippen MR) is 85.8 cm³/mol. The second-order valence-electron chi connectivity index (χ2n) is 5.51.